The molecule has 0 aromatic carbocycles. The third-order valence-corrected chi connectivity index (χ3v) is 5.11. The van der Waals surface area contributed by atoms with E-state index in [0.717, 1.165) is 41.0 Å². The van der Waals surface area contributed by atoms with Gasteiger partial charge in [0.1, 0.15) is 10.6 Å². The molecule has 1 saturated carbocycles. The maximum Gasteiger partial charge on any atom is 0.226 e. The zero-order valence-corrected chi connectivity index (χ0v) is 13.7. The van der Waals surface area contributed by atoms with Crippen molar-refractivity contribution in [2.75, 3.05) is 23.7 Å². The van der Waals surface area contributed by atoms with Gasteiger partial charge in [0, 0.05) is 18.0 Å². The van der Waals surface area contributed by atoms with Crippen molar-refractivity contribution in [3.05, 3.63) is 10.9 Å². The molecule has 2 aromatic heterocycles. The summed E-state index contributed by atoms with van der Waals surface area (Å²) in [7, 11) is 0. The fraction of sp³-hybridized carbons (Fsp3) is 0.625. The predicted molar refractivity (Wildman–Crippen MR) is 91.4 cm³/mol. The van der Waals surface area contributed by atoms with Crippen molar-refractivity contribution in [1.82, 2.24) is 9.97 Å². The first kappa shape index (κ1) is 14.6. The summed E-state index contributed by atoms with van der Waals surface area (Å²) in [5, 5.41) is 7.93. The Hall–Kier alpha value is -1.36. The van der Waals surface area contributed by atoms with Gasteiger partial charge >= 0.3 is 0 Å². The summed E-state index contributed by atoms with van der Waals surface area (Å²) < 4.78 is 0. The second kappa shape index (κ2) is 6.60. The van der Waals surface area contributed by atoms with Crippen LogP contribution in [0.5, 0.6) is 0 Å². The van der Waals surface area contributed by atoms with E-state index in [9.17, 15) is 0 Å². The minimum absolute atomic E-state index is 0.732. The average molecular weight is 304 g/mol. The van der Waals surface area contributed by atoms with Gasteiger partial charge in [0.25, 0.3) is 0 Å². The number of nitrogens with one attached hydrogen (secondary N) is 2. The SMILES string of the molecule is CCNc1nc(NCCC2CCCC2)c2cc(C)sc2n1. The molecule has 0 saturated heterocycles. The van der Waals surface area contributed by atoms with Crippen LogP contribution < -0.4 is 10.6 Å². The van der Waals surface area contributed by atoms with Gasteiger partial charge in [-0.25, -0.2) is 4.98 Å². The zero-order valence-electron chi connectivity index (χ0n) is 12.9. The molecule has 0 radical (unpaired) electrons. The minimum Gasteiger partial charge on any atom is -0.369 e. The second-order valence-corrected chi connectivity index (χ2v) is 7.10. The van der Waals surface area contributed by atoms with E-state index < -0.39 is 0 Å². The van der Waals surface area contributed by atoms with E-state index in [4.69, 9.17) is 0 Å². The number of fused-ring (bicyclic) bond motifs is 1. The Morgan fingerprint density at radius 2 is 2.05 bits per heavy atom. The van der Waals surface area contributed by atoms with Crippen LogP contribution in [0.3, 0.4) is 0 Å². The third-order valence-electron chi connectivity index (χ3n) is 4.17. The van der Waals surface area contributed by atoms with Crippen LogP contribution in [0.4, 0.5) is 11.8 Å². The molecule has 0 spiro atoms. The smallest absolute Gasteiger partial charge is 0.226 e. The molecular weight excluding hydrogens is 280 g/mol. The topological polar surface area (TPSA) is 49.8 Å². The van der Waals surface area contributed by atoms with Crippen LogP contribution in [0.2, 0.25) is 0 Å². The van der Waals surface area contributed by atoms with Crippen molar-refractivity contribution in [2.24, 2.45) is 5.92 Å². The van der Waals surface area contributed by atoms with Crippen LogP contribution in [-0.2, 0) is 0 Å². The largest absolute Gasteiger partial charge is 0.369 e. The van der Waals surface area contributed by atoms with Crippen LogP contribution in [0.15, 0.2) is 6.07 Å². The number of hydrogen-bond donors (Lipinski definition) is 2. The third kappa shape index (κ3) is 3.46. The predicted octanol–water partition coefficient (Wildman–Crippen LogP) is 4.42. The Bertz CT molecular complexity index is 602. The van der Waals surface area contributed by atoms with Gasteiger partial charge in [-0.1, -0.05) is 25.7 Å². The van der Waals surface area contributed by atoms with Gasteiger partial charge in [-0.15, -0.1) is 11.3 Å². The molecule has 114 valence electrons. The first-order chi connectivity index (χ1) is 10.3. The van der Waals surface area contributed by atoms with Crippen molar-refractivity contribution < 1.29 is 0 Å². The van der Waals surface area contributed by atoms with E-state index in [1.54, 1.807) is 11.3 Å². The van der Waals surface area contributed by atoms with E-state index in [-0.39, 0.29) is 0 Å². The fourth-order valence-corrected chi connectivity index (χ4v) is 3.99. The van der Waals surface area contributed by atoms with Crippen molar-refractivity contribution in [2.45, 2.75) is 46.0 Å². The van der Waals surface area contributed by atoms with Crippen LogP contribution in [0.25, 0.3) is 10.2 Å². The summed E-state index contributed by atoms with van der Waals surface area (Å²) in [5.41, 5.74) is 0. The Morgan fingerprint density at radius 1 is 1.24 bits per heavy atom. The Labute approximate surface area is 130 Å². The van der Waals surface area contributed by atoms with Crippen molar-refractivity contribution >= 4 is 33.3 Å². The summed E-state index contributed by atoms with van der Waals surface area (Å²) in [5.74, 6) is 2.63. The molecule has 0 unspecified atom stereocenters. The number of aryl methyl sites for hydroxylation is 1. The van der Waals surface area contributed by atoms with Crippen LogP contribution in [-0.4, -0.2) is 23.1 Å². The number of aromatic nitrogens is 2. The Balaban J connectivity index is 1.74. The molecule has 0 amide bonds. The lowest BCUT2D eigenvalue weighted by molar-refractivity contribution is 0.518. The molecule has 21 heavy (non-hydrogen) atoms. The summed E-state index contributed by atoms with van der Waals surface area (Å²) in [6.45, 7) is 6.05. The molecule has 4 nitrogen and oxygen atoms in total. The highest BCUT2D eigenvalue weighted by Crippen LogP contribution is 2.31. The minimum atomic E-state index is 0.732. The Morgan fingerprint density at radius 3 is 2.81 bits per heavy atom. The lowest BCUT2D eigenvalue weighted by Gasteiger charge is -2.12. The first-order valence-corrected chi connectivity index (χ1v) is 8.84. The second-order valence-electron chi connectivity index (χ2n) is 5.87. The van der Waals surface area contributed by atoms with Crippen molar-refractivity contribution in [3.8, 4) is 0 Å². The Kier molecular flexibility index (Phi) is 4.58. The normalized spacial score (nSPS) is 15.7. The highest BCUT2D eigenvalue weighted by atomic mass is 32.1. The molecule has 0 bridgehead atoms. The van der Waals surface area contributed by atoms with E-state index in [0.29, 0.717) is 0 Å². The summed E-state index contributed by atoms with van der Waals surface area (Å²) in [6, 6.07) is 2.19. The fourth-order valence-electron chi connectivity index (χ4n) is 3.11. The maximum absolute atomic E-state index is 4.64. The van der Waals surface area contributed by atoms with Gasteiger partial charge < -0.3 is 10.6 Å². The molecule has 0 atom stereocenters. The highest BCUT2D eigenvalue weighted by Gasteiger charge is 2.15. The molecule has 2 aromatic rings. The molecular formula is C16H24N4S. The molecule has 0 aliphatic heterocycles. The molecule has 5 heteroatoms. The van der Waals surface area contributed by atoms with E-state index in [1.807, 2.05) is 0 Å². The molecule has 3 rings (SSSR count). The van der Waals surface area contributed by atoms with Gasteiger partial charge in [0.2, 0.25) is 5.95 Å². The highest BCUT2D eigenvalue weighted by molar-refractivity contribution is 7.18. The van der Waals surface area contributed by atoms with E-state index >= 15 is 0 Å². The van der Waals surface area contributed by atoms with Gasteiger partial charge in [-0.3, -0.25) is 0 Å². The number of thiophene rings is 1. The van der Waals surface area contributed by atoms with E-state index in [1.165, 1.54) is 37.0 Å². The van der Waals surface area contributed by atoms with Crippen molar-refractivity contribution in [3.63, 3.8) is 0 Å². The van der Waals surface area contributed by atoms with Crippen LogP contribution in [0, 0.1) is 12.8 Å². The molecule has 2 N–H and O–H groups in total. The quantitative estimate of drug-likeness (QED) is 0.829. The summed E-state index contributed by atoms with van der Waals surface area (Å²) >= 11 is 1.73. The molecule has 1 fully saturated rings. The lowest BCUT2D eigenvalue weighted by atomic mass is 10.0. The first-order valence-electron chi connectivity index (χ1n) is 8.02. The lowest BCUT2D eigenvalue weighted by Crippen LogP contribution is -2.10. The number of anilines is 2. The van der Waals surface area contributed by atoms with Crippen LogP contribution in [0.1, 0.15) is 43.9 Å². The number of nitrogens with zero attached hydrogens (tertiary/aromatic N) is 2. The molecule has 2 heterocycles. The summed E-state index contributed by atoms with van der Waals surface area (Å²) in [6.07, 6.45) is 6.89. The van der Waals surface area contributed by atoms with E-state index in [2.05, 4.69) is 40.5 Å². The van der Waals surface area contributed by atoms with Gasteiger partial charge in [0.05, 0.1) is 5.39 Å². The van der Waals surface area contributed by atoms with Gasteiger partial charge in [0.15, 0.2) is 0 Å². The average Bonchev–Trinajstić information content (AvgIpc) is 3.07. The molecule has 1 aliphatic rings. The maximum atomic E-state index is 4.64. The van der Waals surface area contributed by atoms with Crippen LogP contribution >= 0.6 is 11.3 Å². The number of rotatable bonds is 6. The number of hydrogen-bond acceptors (Lipinski definition) is 5. The summed E-state index contributed by atoms with van der Waals surface area (Å²) in [4.78, 5) is 11.6. The molecule has 1 aliphatic carbocycles. The van der Waals surface area contributed by atoms with Gasteiger partial charge in [-0.2, -0.15) is 4.98 Å². The van der Waals surface area contributed by atoms with Gasteiger partial charge in [-0.05, 0) is 32.3 Å². The van der Waals surface area contributed by atoms with Crippen molar-refractivity contribution in [1.29, 1.82) is 0 Å². The zero-order chi connectivity index (χ0) is 14.7. The monoisotopic (exact) mass is 304 g/mol. The standard InChI is InChI=1S/C16H24N4S/c1-3-17-16-19-14(13-10-11(2)21-15(13)20-16)18-9-8-12-6-4-5-7-12/h10,12H,3-9H2,1-2H3,(H2,17,18,19,20).